The highest BCUT2D eigenvalue weighted by Gasteiger charge is 2.26. The first-order valence-corrected chi connectivity index (χ1v) is 12.3. The average molecular weight is 464 g/mol. The summed E-state index contributed by atoms with van der Waals surface area (Å²) in [6.07, 6.45) is 3.67. The molecule has 2 heterocycles. The molecule has 10 heteroatoms. The van der Waals surface area contributed by atoms with Gasteiger partial charge in [-0.3, -0.25) is 8.78 Å². The van der Waals surface area contributed by atoms with Crippen LogP contribution in [-0.2, 0) is 37.7 Å². The molecule has 0 saturated heterocycles. The number of rotatable bonds is 8. The number of nitrogens with zero attached hydrogens (tertiary/aromatic N) is 4. The fraction of sp³-hybridized carbons (Fsp3) is 0.476. The molecule has 3 aromatic rings. The summed E-state index contributed by atoms with van der Waals surface area (Å²) in [5.41, 5.74) is 5.68. The van der Waals surface area contributed by atoms with E-state index in [-0.39, 0.29) is 0 Å². The number of fused-ring (bicyclic) bond motifs is 2. The van der Waals surface area contributed by atoms with Crippen LogP contribution in [0.3, 0.4) is 0 Å². The van der Waals surface area contributed by atoms with E-state index >= 15 is 0 Å². The fourth-order valence-electron chi connectivity index (χ4n) is 3.97. The third-order valence-electron chi connectivity index (χ3n) is 5.82. The Morgan fingerprint density at radius 1 is 1.45 bits per heavy atom. The molecule has 31 heavy (non-hydrogen) atoms. The van der Waals surface area contributed by atoms with Gasteiger partial charge in [-0.05, 0) is 53.4 Å². The first-order valence-electron chi connectivity index (χ1n) is 10.4. The molecule has 7 nitrogen and oxygen atoms in total. The Labute approximate surface area is 187 Å². The van der Waals surface area contributed by atoms with Gasteiger partial charge in [0.15, 0.2) is 10.7 Å². The largest absolute Gasteiger partial charge is 0.760 e. The van der Waals surface area contributed by atoms with Gasteiger partial charge < -0.3 is 4.55 Å². The highest BCUT2D eigenvalue weighted by Crippen LogP contribution is 2.40. The molecule has 1 aliphatic carbocycles. The molecule has 166 valence electrons. The molecule has 0 bridgehead atoms. The molecule has 0 aliphatic heterocycles. The van der Waals surface area contributed by atoms with Crippen molar-refractivity contribution < 1.29 is 17.7 Å². The molecule has 1 N–H and O–H groups in total. The zero-order valence-electron chi connectivity index (χ0n) is 17.9. The molecule has 1 aliphatic rings. The third-order valence-corrected chi connectivity index (χ3v) is 7.35. The molecule has 2 atom stereocenters. The summed E-state index contributed by atoms with van der Waals surface area (Å²) in [6, 6.07) is 4.13. The van der Waals surface area contributed by atoms with Crippen molar-refractivity contribution in [1.29, 1.82) is 0 Å². The number of benzene rings is 1. The Kier molecular flexibility index (Phi) is 6.71. The van der Waals surface area contributed by atoms with Crippen molar-refractivity contribution in [3.63, 3.8) is 0 Å². The maximum absolute atomic E-state index is 14.4. The van der Waals surface area contributed by atoms with Crippen LogP contribution >= 0.6 is 11.8 Å². The van der Waals surface area contributed by atoms with Crippen molar-refractivity contribution in [1.82, 2.24) is 19.3 Å². The van der Waals surface area contributed by atoms with E-state index in [1.165, 1.54) is 17.3 Å². The van der Waals surface area contributed by atoms with Gasteiger partial charge in [0.2, 0.25) is 0 Å². The van der Waals surface area contributed by atoms with Crippen LogP contribution in [0.2, 0.25) is 0 Å². The van der Waals surface area contributed by atoms with Crippen LogP contribution in [0.15, 0.2) is 28.5 Å². The molecular weight excluding hydrogens is 437 g/mol. The second-order valence-corrected chi connectivity index (χ2v) is 9.53. The number of hydrogen-bond acceptors (Lipinski definition) is 5. The SMILES string of the molecule is CCc1cc2c(cc1Sc1nc3c(C)[n+](C)cnc3n1CCCNS(=O)[O-])C(F)CC2. The topological polar surface area (TPSA) is 86.8 Å². The van der Waals surface area contributed by atoms with Gasteiger partial charge in [0, 0.05) is 36.2 Å². The lowest BCUT2D eigenvalue weighted by molar-refractivity contribution is -0.679. The Morgan fingerprint density at radius 2 is 2.26 bits per heavy atom. The van der Waals surface area contributed by atoms with Gasteiger partial charge in [-0.25, -0.2) is 18.7 Å². The minimum absolute atomic E-state index is 0.335. The number of nitrogens with one attached hydrogen (secondary N) is 1. The second-order valence-electron chi connectivity index (χ2n) is 7.76. The van der Waals surface area contributed by atoms with Gasteiger partial charge in [-0.15, -0.1) is 0 Å². The van der Waals surface area contributed by atoms with Crippen molar-refractivity contribution in [2.24, 2.45) is 7.05 Å². The van der Waals surface area contributed by atoms with Gasteiger partial charge in [-0.2, -0.15) is 0 Å². The monoisotopic (exact) mass is 463 g/mol. The van der Waals surface area contributed by atoms with Crippen LogP contribution in [0.1, 0.15) is 48.3 Å². The molecule has 2 aromatic heterocycles. The summed E-state index contributed by atoms with van der Waals surface area (Å²) in [5.74, 6) is 0. The lowest BCUT2D eigenvalue weighted by Crippen LogP contribution is -2.32. The van der Waals surface area contributed by atoms with E-state index in [1.54, 1.807) is 6.33 Å². The summed E-state index contributed by atoms with van der Waals surface area (Å²) in [7, 11) is 1.93. The van der Waals surface area contributed by atoms with E-state index in [4.69, 9.17) is 4.98 Å². The van der Waals surface area contributed by atoms with Crippen LogP contribution in [0.5, 0.6) is 0 Å². The predicted octanol–water partition coefficient (Wildman–Crippen LogP) is 3.01. The molecule has 4 rings (SSSR count). The zero-order chi connectivity index (χ0) is 22.1. The number of halogens is 1. The van der Waals surface area contributed by atoms with Crippen LogP contribution in [0.25, 0.3) is 11.2 Å². The van der Waals surface area contributed by atoms with Crippen LogP contribution in [0.4, 0.5) is 4.39 Å². The van der Waals surface area contributed by atoms with E-state index < -0.39 is 17.4 Å². The summed E-state index contributed by atoms with van der Waals surface area (Å²) in [4.78, 5) is 10.5. The predicted molar refractivity (Wildman–Crippen MR) is 117 cm³/mol. The van der Waals surface area contributed by atoms with Crippen molar-refractivity contribution in [3.05, 3.63) is 40.8 Å². The zero-order valence-corrected chi connectivity index (χ0v) is 19.5. The highest BCUT2D eigenvalue weighted by molar-refractivity contribution is 7.99. The Balaban J connectivity index is 1.73. The fourth-order valence-corrected chi connectivity index (χ4v) is 5.42. The number of aromatic nitrogens is 4. The average Bonchev–Trinajstić information content (AvgIpc) is 3.28. The summed E-state index contributed by atoms with van der Waals surface area (Å²) >= 11 is -0.745. The van der Waals surface area contributed by atoms with E-state index in [0.717, 1.165) is 50.9 Å². The van der Waals surface area contributed by atoms with Crippen molar-refractivity contribution in [2.45, 2.75) is 62.3 Å². The van der Waals surface area contributed by atoms with Gasteiger partial charge in [0.25, 0.3) is 12.0 Å². The summed E-state index contributed by atoms with van der Waals surface area (Å²) < 4.78 is 42.3. The molecule has 0 amide bonds. The maximum atomic E-state index is 14.4. The third kappa shape index (κ3) is 4.52. The molecule has 0 saturated carbocycles. The highest BCUT2D eigenvalue weighted by atomic mass is 32.2. The van der Waals surface area contributed by atoms with Crippen molar-refractivity contribution >= 4 is 34.2 Å². The van der Waals surface area contributed by atoms with E-state index in [0.29, 0.717) is 25.9 Å². The molecule has 0 spiro atoms. The van der Waals surface area contributed by atoms with Crippen LogP contribution in [0, 0.1) is 6.92 Å². The quantitative estimate of drug-likeness (QED) is 0.315. The minimum atomic E-state index is -2.28. The Bertz CT molecular complexity index is 1150. The molecular formula is C21H26FN5O2S2. The molecule has 1 aromatic carbocycles. The maximum Gasteiger partial charge on any atom is 0.288 e. The van der Waals surface area contributed by atoms with E-state index in [2.05, 4.69) is 22.7 Å². The first kappa shape index (κ1) is 22.3. The lowest BCUT2D eigenvalue weighted by Gasteiger charge is -2.13. The first-order chi connectivity index (χ1) is 14.9. The van der Waals surface area contributed by atoms with E-state index in [1.807, 2.05) is 29.2 Å². The Hall–Kier alpha value is -1.88. The van der Waals surface area contributed by atoms with Gasteiger partial charge >= 0.3 is 0 Å². The van der Waals surface area contributed by atoms with Crippen LogP contribution < -0.4 is 9.29 Å². The van der Waals surface area contributed by atoms with Gasteiger partial charge in [-0.1, -0.05) is 24.8 Å². The molecule has 0 fully saturated rings. The van der Waals surface area contributed by atoms with Gasteiger partial charge in [0.05, 0.1) is 7.05 Å². The smallest absolute Gasteiger partial charge is 0.288 e. The van der Waals surface area contributed by atoms with Crippen LogP contribution in [-0.4, -0.2) is 29.8 Å². The number of alkyl halides is 1. The summed E-state index contributed by atoms with van der Waals surface area (Å²) in [5, 5.41) is 0.781. The van der Waals surface area contributed by atoms with Gasteiger partial charge in [0.1, 0.15) is 11.9 Å². The second kappa shape index (κ2) is 9.32. The number of aryl methyl sites for hydroxylation is 5. The number of imidazole rings is 1. The lowest BCUT2D eigenvalue weighted by atomic mass is 10.0. The van der Waals surface area contributed by atoms with E-state index in [9.17, 15) is 13.2 Å². The minimum Gasteiger partial charge on any atom is -0.760 e. The number of hydrogen-bond donors (Lipinski definition) is 1. The van der Waals surface area contributed by atoms with Crippen molar-refractivity contribution in [3.8, 4) is 0 Å². The molecule has 2 unspecified atom stereocenters. The standard InChI is InChI=1S/C21H26FN5O2S2/c1-4-14-10-15-6-7-17(22)16(15)11-18(14)30-21-25-19-13(2)26(3)12-23-20(19)27(21)9-5-8-24-31(28)29/h10-12,17,24H,4-9H2,1-3H3. The summed E-state index contributed by atoms with van der Waals surface area (Å²) in [6.45, 7) is 5.01. The molecule has 0 radical (unpaired) electrons. The van der Waals surface area contributed by atoms with Crippen molar-refractivity contribution in [2.75, 3.05) is 6.54 Å². The Morgan fingerprint density at radius 3 is 3.00 bits per heavy atom. The normalized spacial score (nSPS) is 16.7.